The molecule has 0 bridgehead atoms. The number of methoxy groups -OCH3 is 1. The second kappa shape index (κ2) is 9.74. The van der Waals surface area contributed by atoms with E-state index in [1.807, 2.05) is 6.92 Å². The molecule has 0 aliphatic carbocycles. The standard InChI is InChI=1S/C17H28N2O5S/c1-6-19(11-17(20)18-14(4)12-23-5)25(21,22)15-8-9-16(24-7-2)13(3)10-15/h8-10,14H,6-7,11-12H2,1-5H3,(H,18,20). The van der Waals surface area contributed by atoms with E-state index < -0.39 is 10.0 Å². The summed E-state index contributed by atoms with van der Waals surface area (Å²) in [6.07, 6.45) is 0. The molecule has 0 saturated heterocycles. The van der Waals surface area contributed by atoms with Crippen molar-refractivity contribution in [1.82, 2.24) is 9.62 Å². The van der Waals surface area contributed by atoms with Crippen LogP contribution in [-0.2, 0) is 19.6 Å². The molecular weight excluding hydrogens is 344 g/mol. The van der Waals surface area contributed by atoms with Gasteiger partial charge in [-0.2, -0.15) is 4.31 Å². The van der Waals surface area contributed by atoms with Crippen molar-refractivity contribution in [3.05, 3.63) is 23.8 Å². The molecule has 0 aliphatic heterocycles. The molecule has 142 valence electrons. The number of aryl methyl sites for hydroxylation is 1. The van der Waals surface area contributed by atoms with Gasteiger partial charge in [-0.3, -0.25) is 4.79 Å². The topological polar surface area (TPSA) is 84.9 Å². The number of amides is 1. The van der Waals surface area contributed by atoms with Gasteiger partial charge in [0.15, 0.2) is 0 Å². The Morgan fingerprint density at radius 3 is 2.52 bits per heavy atom. The van der Waals surface area contributed by atoms with Crippen LogP contribution in [0.5, 0.6) is 5.75 Å². The smallest absolute Gasteiger partial charge is 0.243 e. The summed E-state index contributed by atoms with van der Waals surface area (Å²) in [5.41, 5.74) is 0.733. The summed E-state index contributed by atoms with van der Waals surface area (Å²) in [6, 6.07) is 4.52. The number of likely N-dealkylation sites (N-methyl/N-ethyl adjacent to an activating group) is 1. The summed E-state index contributed by atoms with van der Waals surface area (Å²) in [5, 5.41) is 2.72. The van der Waals surface area contributed by atoms with Crippen LogP contribution in [0.3, 0.4) is 0 Å². The number of hydrogen-bond donors (Lipinski definition) is 1. The molecule has 0 spiro atoms. The summed E-state index contributed by atoms with van der Waals surface area (Å²) < 4.78 is 37.2. The highest BCUT2D eigenvalue weighted by Gasteiger charge is 2.26. The fourth-order valence-corrected chi connectivity index (χ4v) is 3.88. The second-order valence-corrected chi connectivity index (χ2v) is 7.65. The number of benzene rings is 1. The molecule has 1 aromatic rings. The van der Waals surface area contributed by atoms with Crippen LogP contribution in [0.4, 0.5) is 0 Å². The first-order chi connectivity index (χ1) is 11.8. The van der Waals surface area contributed by atoms with Gasteiger partial charge in [-0.25, -0.2) is 8.42 Å². The lowest BCUT2D eigenvalue weighted by atomic mass is 10.2. The third kappa shape index (κ3) is 5.98. The van der Waals surface area contributed by atoms with Crippen LogP contribution >= 0.6 is 0 Å². The van der Waals surface area contributed by atoms with Crippen LogP contribution in [0.15, 0.2) is 23.1 Å². The number of rotatable bonds is 10. The molecule has 0 fully saturated rings. The van der Waals surface area contributed by atoms with Crippen LogP contribution in [0.25, 0.3) is 0 Å². The molecular formula is C17H28N2O5S. The number of hydrogen-bond acceptors (Lipinski definition) is 5. The van der Waals surface area contributed by atoms with Gasteiger partial charge in [-0.05, 0) is 44.5 Å². The molecule has 7 nitrogen and oxygen atoms in total. The van der Waals surface area contributed by atoms with E-state index in [9.17, 15) is 13.2 Å². The zero-order valence-electron chi connectivity index (χ0n) is 15.5. The Kier molecular flexibility index (Phi) is 8.34. The molecule has 8 heteroatoms. The Bertz CT molecular complexity index is 676. The summed E-state index contributed by atoms with van der Waals surface area (Å²) in [4.78, 5) is 12.2. The Morgan fingerprint density at radius 2 is 2.00 bits per heavy atom. The fourth-order valence-electron chi connectivity index (χ4n) is 2.39. The van der Waals surface area contributed by atoms with Crippen LogP contribution in [-0.4, -0.2) is 58.1 Å². The normalized spacial score (nSPS) is 12.9. The molecule has 1 rings (SSSR count). The molecule has 0 aliphatic rings. The summed E-state index contributed by atoms with van der Waals surface area (Å²) in [5.74, 6) is 0.285. The third-order valence-electron chi connectivity index (χ3n) is 3.58. The van der Waals surface area contributed by atoms with Gasteiger partial charge in [0.25, 0.3) is 0 Å². The highest BCUT2D eigenvalue weighted by atomic mass is 32.2. The van der Waals surface area contributed by atoms with Gasteiger partial charge in [0.2, 0.25) is 15.9 Å². The highest BCUT2D eigenvalue weighted by Crippen LogP contribution is 2.24. The number of sulfonamides is 1. The van der Waals surface area contributed by atoms with Gasteiger partial charge < -0.3 is 14.8 Å². The van der Waals surface area contributed by atoms with Crippen LogP contribution in [0, 0.1) is 6.92 Å². The quantitative estimate of drug-likeness (QED) is 0.674. The summed E-state index contributed by atoms with van der Waals surface area (Å²) >= 11 is 0. The van der Waals surface area contributed by atoms with E-state index >= 15 is 0 Å². The Labute approximate surface area is 150 Å². The molecule has 0 saturated carbocycles. The molecule has 1 atom stereocenters. The zero-order chi connectivity index (χ0) is 19.0. The fraction of sp³-hybridized carbons (Fsp3) is 0.588. The van der Waals surface area contributed by atoms with Crippen molar-refractivity contribution in [3.8, 4) is 5.75 Å². The van der Waals surface area contributed by atoms with Gasteiger partial charge in [0, 0.05) is 19.7 Å². The van der Waals surface area contributed by atoms with Crippen molar-refractivity contribution in [2.45, 2.75) is 38.6 Å². The first-order valence-electron chi connectivity index (χ1n) is 8.28. The average molecular weight is 372 g/mol. The van der Waals surface area contributed by atoms with Crippen molar-refractivity contribution in [2.75, 3.05) is 33.4 Å². The monoisotopic (exact) mass is 372 g/mol. The number of nitrogens with one attached hydrogen (secondary N) is 1. The highest BCUT2D eigenvalue weighted by molar-refractivity contribution is 7.89. The van der Waals surface area contributed by atoms with Gasteiger partial charge in [0.05, 0.1) is 24.7 Å². The van der Waals surface area contributed by atoms with Gasteiger partial charge in [-0.15, -0.1) is 0 Å². The van der Waals surface area contributed by atoms with Crippen molar-refractivity contribution < 1.29 is 22.7 Å². The number of carbonyl (C=O) groups excluding carboxylic acids is 1. The van der Waals surface area contributed by atoms with E-state index in [1.165, 1.54) is 6.07 Å². The van der Waals surface area contributed by atoms with Gasteiger partial charge in [-0.1, -0.05) is 6.92 Å². The Hall–Kier alpha value is -1.64. The first kappa shape index (κ1) is 21.4. The summed E-state index contributed by atoms with van der Waals surface area (Å²) in [6.45, 7) is 7.98. The van der Waals surface area contributed by atoms with E-state index in [1.54, 1.807) is 40.0 Å². The largest absolute Gasteiger partial charge is 0.494 e. The lowest BCUT2D eigenvalue weighted by Crippen LogP contribution is -2.44. The van der Waals surface area contributed by atoms with E-state index in [2.05, 4.69) is 5.32 Å². The van der Waals surface area contributed by atoms with Crippen molar-refractivity contribution in [2.24, 2.45) is 0 Å². The molecule has 1 N–H and O–H groups in total. The summed E-state index contributed by atoms with van der Waals surface area (Å²) in [7, 11) is -2.22. The zero-order valence-corrected chi connectivity index (χ0v) is 16.4. The van der Waals surface area contributed by atoms with Gasteiger partial charge in [0.1, 0.15) is 5.75 Å². The SMILES string of the molecule is CCOc1ccc(S(=O)(=O)N(CC)CC(=O)NC(C)COC)cc1C. The second-order valence-electron chi connectivity index (χ2n) is 5.72. The number of nitrogens with zero attached hydrogens (tertiary/aromatic N) is 1. The van der Waals surface area contributed by atoms with E-state index in [-0.39, 0.29) is 29.9 Å². The molecule has 0 aromatic heterocycles. The Morgan fingerprint density at radius 1 is 1.32 bits per heavy atom. The van der Waals surface area contributed by atoms with Crippen LogP contribution < -0.4 is 10.1 Å². The number of carbonyl (C=O) groups is 1. The van der Waals surface area contributed by atoms with Crippen LogP contribution in [0.2, 0.25) is 0 Å². The van der Waals surface area contributed by atoms with E-state index in [0.717, 1.165) is 9.87 Å². The minimum atomic E-state index is -3.76. The maximum Gasteiger partial charge on any atom is 0.243 e. The van der Waals surface area contributed by atoms with Crippen molar-refractivity contribution in [1.29, 1.82) is 0 Å². The Balaban J connectivity index is 2.93. The predicted octanol–water partition coefficient (Wildman–Crippen LogP) is 1.56. The lowest BCUT2D eigenvalue weighted by Gasteiger charge is -2.22. The minimum Gasteiger partial charge on any atom is -0.494 e. The molecule has 1 unspecified atom stereocenters. The molecule has 25 heavy (non-hydrogen) atoms. The molecule has 1 amide bonds. The number of ether oxygens (including phenoxy) is 2. The van der Waals surface area contributed by atoms with Gasteiger partial charge >= 0.3 is 0 Å². The predicted molar refractivity (Wildman–Crippen MR) is 96.3 cm³/mol. The third-order valence-corrected chi connectivity index (χ3v) is 5.50. The van der Waals surface area contributed by atoms with Crippen molar-refractivity contribution in [3.63, 3.8) is 0 Å². The van der Waals surface area contributed by atoms with Crippen LogP contribution in [0.1, 0.15) is 26.3 Å². The molecule has 0 radical (unpaired) electrons. The average Bonchev–Trinajstić information content (AvgIpc) is 2.54. The maximum absolute atomic E-state index is 12.8. The molecule has 0 heterocycles. The van der Waals surface area contributed by atoms with E-state index in [4.69, 9.17) is 9.47 Å². The minimum absolute atomic E-state index is 0.146. The maximum atomic E-state index is 12.8. The first-order valence-corrected chi connectivity index (χ1v) is 9.72. The van der Waals surface area contributed by atoms with E-state index in [0.29, 0.717) is 19.0 Å². The lowest BCUT2D eigenvalue weighted by molar-refractivity contribution is -0.122. The van der Waals surface area contributed by atoms with Crippen molar-refractivity contribution >= 4 is 15.9 Å². The molecule has 1 aromatic carbocycles.